The van der Waals surface area contributed by atoms with Crippen LogP contribution in [0.25, 0.3) is 0 Å². The van der Waals surface area contributed by atoms with E-state index in [2.05, 4.69) is 10.3 Å². The van der Waals surface area contributed by atoms with Crippen molar-refractivity contribution in [3.05, 3.63) is 56.1 Å². The van der Waals surface area contributed by atoms with Crippen molar-refractivity contribution < 1.29 is 9.72 Å². The van der Waals surface area contributed by atoms with Crippen LogP contribution in [-0.2, 0) is 24.2 Å². The van der Waals surface area contributed by atoms with E-state index in [0.29, 0.717) is 11.6 Å². The van der Waals surface area contributed by atoms with Crippen LogP contribution in [0, 0.1) is 10.1 Å². The van der Waals surface area contributed by atoms with E-state index in [-0.39, 0.29) is 28.7 Å². The van der Waals surface area contributed by atoms with Crippen molar-refractivity contribution in [3.8, 4) is 0 Å². The molecule has 0 saturated heterocycles. The van der Waals surface area contributed by atoms with Gasteiger partial charge in [-0.15, -0.1) is 0 Å². The van der Waals surface area contributed by atoms with Crippen LogP contribution in [0.5, 0.6) is 0 Å². The molecule has 1 N–H and O–H groups in total. The second-order valence-electron chi connectivity index (χ2n) is 7.40. The lowest BCUT2D eigenvalue weighted by atomic mass is 9.97. The lowest BCUT2D eigenvalue weighted by Crippen LogP contribution is -2.33. The molecule has 0 radical (unpaired) electrons. The maximum absolute atomic E-state index is 12.6. The number of nitrogens with zero attached hydrogens (tertiary/aromatic N) is 4. The SMILES string of the molecule is CN(C)CCn1c2c(c(SCC(=O)Nc3ccccc3[N+](=O)[O-])nc1=O)CCCC2. The molecule has 0 unspecified atom stereocenters. The summed E-state index contributed by atoms with van der Waals surface area (Å²) in [5, 5.41) is 14.3. The number of anilines is 1. The lowest BCUT2D eigenvalue weighted by Gasteiger charge is -2.23. The first-order valence-electron chi connectivity index (χ1n) is 9.80. The summed E-state index contributed by atoms with van der Waals surface area (Å²) in [5.41, 5.74) is 1.77. The summed E-state index contributed by atoms with van der Waals surface area (Å²) >= 11 is 1.21. The van der Waals surface area contributed by atoms with Gasteiger partial charge in [-0.25, -0.2) is 4.79 Å². The molecular weight excluding hydrogens is 406 g/mol. The van der Waals surface area contributed by atoms with Crippen LogP contribution < -0.4 is 11.0 Å². The van der Waals surface area contributed by atoms with E-state index in [1.165, 1.54) is 23.9 Å². The molecule has 9 nitrogen and oxygen atoms in total. The number of carbonyl (C=O) groups is 1. The third kappa shape index (κ3) is 5.25. The van der Waals surface area contributed by atoms with Crippen molar-refractivity contribution in [2.24, 2.45) is 0 Å². The van der Waals surface area contributed by atoms with Crippen LogP contribution >= 0.6 is 11.8 Å². The molecule has 1 aliphatic carbocycles. The van der Waals surface area contributed by atoms with Crippen molar-refractivity contribution in [3.63, 3.8) is 0 Å². The zero-order chi connectivity index (χ0) is 21.7. The monoisotopic (exact) mass is 431 g/mol. The molecule has 1 aromatic carbocycles. The molecule has 0 fully saturated rings. The number of nitrogens with one attached hydrogen (secondary N) is 1. The Morgan fingerprint density at radius 3 is 2.77 bits per heavy atom. The third-order valence-corrected chi connectivity index (χ3v) is 5.95. The van der Waals surface area contributed by atoms with Crippen molar-refractivity contribution in [1.82, 2.24) is 14.5 Å². The Labute approximate surface area is 178 Å². The van der Waals surface area contributed by atoms with Gasteiger partial charge >= 0.3 is 5.69 Å². The number of hydrogen-bond donors (Lipinski definition) is 1. The number of thioether (sulfide) groups is 1. The summed E-state index contributed by atoms with van der Waals surface area (Å²) < 4.78 is 1.76. The first kappa shape index (κ1) is 22.0. The van der Waals surface area contributed by atoms with E-state index < -0.39 is 4.92 Å². The summed E-state index contributed by atoms with van der Waals surface area (Å²) in [6.45, 7) is 1.34. The number of fused-ring (bicyclic) bond motifs is 1. The third-order valence-electron chi connectivity index (χ3n) is 4.94. The maximum Gasteiger partial charge on any atom is 0.348 e. The van der Waals surface area contributed by atoms with Crippen molar-refractivity contribution in [1.29, 1.82) is 0 Å². The number of nitro benzene ring substituents is 1. The number of benzene rings is 1. The minimum Gasteiger partial charge on any atom is -0.320 e. The Balaban J connectivity index is 1.76. The smallest absolute Gasteiger partial charge is 0.320 e. The molecule has 2 aromatic rings. The fraction of sp³-hybridized carbons (Fsp3) is 0.450. The first-order chi connectivity index (χ1) is 14.4. The molecule has 3 rings (SSSR count). The average Bonchev–Trinajstić information content (AvgIpc) is 2.71. The molecule has 0 saturated carbocycles. The summed E-state index contributed by atoms with van der Waals surface area (Å²) in [6, 6.07) is 6.01. The fourth-order valence-corrected chi connectivity index (χ4v) is 4.33. The Morgan fingerprint density at radius 2 is 2.03 bits per heavy atom. The van der Waals surface area contributed by atoms with Crippen molar-refractivity contribution in [2.45, 2.75) is 37.3 Å². The van der Waals surface area contributed by atoms with Gasteiger partial charge in [0.05, 0.1) is 10.7 Å². The van der Waals surface area contributed by atoms with Crippen LogP contribution in [-0.4, -0.2) is 51.7 Å². The van der Waals surface area contributed by atoms with Gasteiger partial charge in [-0.2, -0.15) is 4.98 Å². The molecule has 1 aliphatic rings. The highest BCUT2D eigenvalue weighted by atomic mass is 32.2. The number of hydrogen-bond acceptors (Lipinski definition) is 7. The quantitative estimate of drug-likeness (QED) is 0.296. The normalized spacial score (nSPS) is 13.2. The van der Waals surface area contributed by atoms with Gasteiger partial charge in [0.25, 0.3) is 5.69 Å². The van der Waals surface area contributed by atoms with Gasteiger partial charge in [-0.3, -0.25) is 19.5 Å². The van der Waals surface area contributed by atoms with Crippen LogP contribution in [0.3, 0.4) is 0 Å². The number of aromatic nitrogens is 2. The van der Waals surface area contributed by atoms with E-state index in [9.17, 15) is 19.7 Å². The largest absolute Gasteiger partial charge is 0.348 e. The first-order valence-corrected chi connectivity index (χ1v) is 10.8. The molecule has 30 heavy (non-hydrogen) atoms. The van der Waals surface area contributed by atoms with Crippen LogP contribution in [0.15, 0.2) is 34.1 Å². The summed E-state index contributed by atoms with van der Waals surface area (Å²) in [4.78, 5) is 41.9. The zero-order valence-corrected chi connectivity index (χ0v) is 17.9. The Morgan fingerprint density at radius 1 is 1.30 bits per heavy atom. The van der Waals surface area contributed by atoms with E-state index in [4.69, 9.17) is 0 Å². The van der Waals surface area contributed by atoms with Crippen LogP contribution in [0.2, 0.25) is 0 Å². The summed E-state index contributed by atoms with van der Waals surface area (Å²) in [6.07, 6.45) is 3.71. The van der Waals surface area contributed by atoms with Gasteiger partial charge in [-0.1, -0.05) is 23.9 Å². The Kier molecular flexibility index (Phi) is 7.22. The van der Waals surface area contributed by atoms with Gasteiger partial charge in [0.1, 0.15) is 10.7 Å². The lowest BCUT2D eigenvalue weighted by molar-refractivity contribution is -0.383. The van der Waals surface area contributed by atoms with Gasteiger partial charge < -0.3 is 10.2 Å². The zero-order valence-electron chi connectivity index (χ0n) is 17.1. The predicted molar refractivity (Wildman–Crippen MR) is 116 cm³/mol. The second kappa shape index (κ2) is 9.86. The molecule has 1 heterocycles. The number of likely N-dealkylation sites (N-methyl/N-ethyl adjacent to an activating group) is 1. The fourth-order valence-electron chi connectivity index (χ4n) is 3.46. The molecule has 160 valence electrons. The number of rotatable bonds is 8. The molecular formula is C20H25N5O4S. The van der Waals surface area contributed by atoms with Crippen molar-refractivity contribution in [2.75, 3.05) is 31.7 Å². The van der Waals surface area contributed by atoms with Gasteiger partial charge in [0.15, 0.2) is 0 Å². The van der Waals surface area contributed by atoms with E-state index >= 15 is 0 Å². The van der Waals surface area contributed by atoms with E-state index in [0.717, 1.165) is 43.5 Å². The van der Waals surface area contributed by atoms with E-state index in [1.54, 1.807) is 16.7 Å². The number of carbonyl (C=O) groups excluding carboxylic acids is 1. The highest BCUT2D eigenvalue weighted by Gasteiger charge is 2.21. The van der Waals surface area contributed by atoms with Crippen molar-refractivity contribution >= 4 is 29.0 Å². The molecule has 10 heteroatoms. The van der Waals surface area contributed by atoms with Crippen LogP contribution in [0.4, 0.5) is 11.4 Å². The molecule has 0 atom stereocenters. The minimum atomic E-state index is -0.534. The topological polar surface area (TPSA) is 110 Å². The highest BCUT2D eigenvalue weighted by molar-refractivity contribution is 8.00. The summed E-state index contributed by atoms with van der Waals surface area (Å²) in [5.74, 6) is -0.357. The van der Waals surface area contributed by atoms with Gasteiger partial charge in [0, 0.05) is 30.4 Å². The van der Waals surface area contributed by atoms with E-state index in [1.807, 2.05) is 19.0 Å². The average molecular weight is 432 g/mol. The van der Waals surface area contributed by atoms with Gasteiger partial charge in [-0.05, 0) is 45.8 Å². The molecule has 1 aromatic heterocycles. The number of para-hydroxylation sites is 2. The van der Waals surface area contributed by atoms with Crippen LogP contribution in [0.1, 0.15) is 24.1 Å². The Bertz CT molecular complexity index is 1010. The maximum atomic E-state index is 12.6. The highest BCUT2D eigenvalue weighted by Crippen LogP contribution is 2.29. The molecule has 0 spiro atoms. The second-order valence-corrected chi connectivity index (χ2v) is 8.36. The number of amides is 1. The number of nitro groups is 1. The molecule has 0 aliphatic heterocycles. The Hall–Kier alpha value is -2.72. The predicted octanol–water partition coefficient (Wildman–Crippen LogP) is 2.32. The minimum absolute atomic E-state index is 0.0205. The van der Waals surface area contributed by atoms with Gasteiger partial charge in [0.2, 0.25) is 5.91 Å². The standard InChI is InChI=1S/C20H25N5O4S/c1-23(2)11-12-24-16-9-5-3-7-14(16)19(22-20(24)27)30-13-18(26)21-15-8-4-6-10-17(15)25(28)29/h4,6,8,10H,3,5,7,9,11-13H2,1-2H3,(H,21,26). The molecule has 0 bridgehead atoms. The molecule has 1 amide bonds. The summed E-state index contributed by atoms with van der Waals surface area (Å²) in [7, 11) is 3.93.